The fraction of sp³-hybridized carbons (Fsp3) is 0.0769. The maximum absolute atomic E-state index is 4.44. The van der Waals surface area contributed by atoms with Crippen LogP contribution in [0.2, 0.25) is 0 Å². The first-order valence-corrected chi connectivity index (χ1v) is 4.83. The molecule has 0 saturated heterocycles. The van der Waals surface area contributed by atoms with Gasteiger partial charge >= 0.3 is 0 Å². The maximum Gasteiger partial charge on any atom is 0.0958 e. The topological polar surface area (TPSA) is 25.2 Å². The predicted molar refractivity (Wildman–Crippen MR) is 64.7 cm³/mol. The molecule has 0 saturated carbocycles. The van der Waals surface area contributed by atoms with Crippen molar-refractivity contribution in [2.24, 2.45) is 4.99 Å². The highest BCUT2D eigenvalue weighted by Gasteiger charge is 1.99. The maximum atomic E-state index is 4.44. The summed E-state index contributed by atoms with van der Waals surface area (Å²) in [5, 5.41) is 1.11. The average Bonchev–Trinajstić information content (AvgIpc) is 2.29. The molecule has 15 heavy (non-hydrogen) atoms. The number of pyridine rings is 1. The number of hydrogen-bond acceptors (Lipinski definition) is 2. The molecule has 2 nitrogen and oxygen atoms in total. The van der Waals surface area contributed by atoms with Gasteiger partial charge in [-0.3, -0.25) is 9.98 Å². The van der Waals surface area contributed by atoms with Crippen LogP contribution in [0.25, 0.3) is 10.9 Å². The van der Waals surface area contributed by atoms with Crippen LogP contribution in [0.5, 0.6) is 0 Å². The molecule has 0 N–H and O–H groups in total. The van der Waals surface area contributed by atoms with Gasteiger partial charge in [0.2, 0.25) is 0 Å². The van der Waals surface area contributed by atoms with Gasteiger partial charge < -0.3 is 0 Å². The van der Waals surface area contributed by atoms with E-state index in [0.717, 1.165) is 22.3 Å². The van der Waals surface area contributed by atoms with Crippen molar-refractivity contribution in [2.75, 3.05) is 0 Å². The van der Waals surface area contributed by atoms with Gasteiger partial charge in [0, 0.05) is 17.3 Å². The van der Waals surface area contributed by atoms with Gasteiger partial charge in [-0.15, -0.1) is 0 Å². The van der Waals surface area contributed by atoms with Crippen LogP contribution in [-0.4, -0.2) is 10.7 Å². The van der Waals surface area contributed by atoms with E-state index >= 15 is 0 Å². The number of aromatic nitrogens is 1. The third kappa shape index (κ3) is 1.94. The van der Waals surface area contributed by atoms with Crippen molar-refractivity contribution in [1.82, 2.24) is 4.98 Å². The largest absolute Gasteiger partial charge is 0.254 e. The first kappa shape index (κ1) is 9.59. The van der Waals surface area contributed by atoms with Crippen LogP contribution in [0.3, 0.4) is 0 Å². The molecule has 0 aliphatic carbocycles. The Balaban J connectivity index is 2.66. The zero-order chi connectivity index (χ0) is 10.7. The molecule has 0 aliphatic heterocycles. The Morgan fingerprint density at radius 1 is 1.33 bits per heavy atom. The molecule has 0 unspecified atom stereocenters. The van der Waals surface area contributed by atoms with Gasteiger partial charge in [-0.2, -0.15) is 0 Å². The molecule has 2 aromatic rings. The number of hydrogen-bond donors (Lipinski definition) is 0. The van der Waals surface area contributed by atoms with Gasteiger partial charge in [-0.1, -0.05) is 24.8 Å². The van der Waals surface area contributed by atoms with Crippen LogP contribution in [0.15, 0.2) is 54.2 Å². The minimum atomic E-state index is 0.894. The van der Waals surface area contributed by atoms with Crippen molar-refractivity contribution >= 4 is 22.3 Å². The van der Waals surface area contributed by atoms with Crippen LogP contribution in [0.4, 0.5) is 5.69 Å². The second-order valence-electron chi connectivity index (χ2n) is 3.31. The van der Waals surface area contributed by atoms with E-state index in [4.69, 9.17) is 0 Å². The summed E-state index contributed by atoms with van der Waals surface area (Å²) < 4.78 is 0. The van der Waals surface area contributed by atoms with Crippen LogP contribution < -0.4 is 0 Å². The lowest BCUT2D eigenvalue weighted by molar-refractivity contribution is 1.39. The van der Waals surface area contributed by atoms with Crippen molar-refractivity contribution in [1.29, 1.82) is 0 Å². The Kier molecular flexibility index (Phi) is 2.59. The molecule has 0 amide bonds. The molecule has 0 atom stereocenters. The van der Waals surface area contributed by atoms with E-state index in [1.54, 1.807) is 12.3 Å². The summed E-state index contributed by atoms with van der Waals surface area (Å²) in [7, 11) is 0. The van der Waals surface area contributed by atoms with E-state index in [1.165, 1.54) is 0 Å². The molecule has 0 bridgehead atoms. The first-order chi connectivity index (χ1) is 7.31. The minimum Gasteiger partial charge on any atom is -0.254 e. The fourth-order valence-corrected chi connectivity index (χ4v) is 1.41. The molecular weight excluding hydrogens is 184 g/mol. The Morgan fingerprint density at radius 2 is 2.13 bits per heavy atom. The molecule has 0 spiro atoms. The number of nitrogens with zero attached hydrogens (tertiary/aromatic N) is 2. The lowest BCUT2D eigenvalue weighted by Gasteiger charge is -2.00. The summed E-state index contributed by atoms with van der Waals surface area (Å²) in [6.45, 7) is 5.61. The van der Waals surface area contributed by atoms with Gasteiger partial charge in [0.25, 0.3) is 0 Å². The average molecular weight is 196 g/mol. The third-order valence-electron chi connectivity index (χ3n) is 2.20. The number of para-hydroxylation sites is 1. The molecule has 2 rings (SSSR count). The van der Waals surface area contributed by atoms with E-state index in [-0.39, 0.29) is 0 Å². The molecule has 0 radical (unpaired) electrons. The fourth-order valence-electron chi connectivity index (χ4n) is 1.41. The Bertz CT molecular complexity index is 522. The van der Waals surface area contributed by atoms with E-state index in [2.05, 4.69) is 16.6 Å². The van der Waals surface area contributed by atoms with Crippen LogP contribution in [-0.2, 0) is 0 Å². The number of allylic oxidation sites excluding steroid dienone is 1. The van der Waals surface area contributed by atoms with Gasteiger partial charge in [-0.25, -0.2) is 0 Å². The molecule has 74 valence electrons. The molecule has 0 aliphatic rings. The standard InChI is InChI=1S/C13H12N2/c1-3-10(2)15-12-8-4-6-11-7-5-9-14-13(11)12/h3-9H,1H2,2H3/b15-10-. The SMILES string of the molecule is C=C/C(C)=N\c1cccc2cccnc12. The monoisotopic (exact) mass is 196 g/mol. The number of fused-ring (bicyclic) bond motifs is 1. The summed E-state index contributed by atoms with van der Waals surface area (Å²) in [6.07, 6.45) is 3.52. The third-order valence-corrected chi connectivity index (χ3v) is 2.20. The van der Waals surface area contributed by atoms with Gasteiger partial charge in [0.1, 0.15) is 0 Å². The second-order valence-corrected chi connectivity index (χ2v) is 3.31. The Hall–Kier alpha value is -1.96. The van der Waals surface area contributed by atoms with Gasteiger partial charge in [-0.05, 0) is 25.1 Å². The van der Waals surface area contributed by atoms with Crippen molar-refractivity contribution in [3.8, 4) is 0 Å². The summed E-state index contributed by atoms with van der Waals surface area (Å²) in [5.74, 6) is 0. The summed E-state index contributed by atoms with van der Waals surface area (Å²) in [5.41, 5.74) is 2.72. The number of rotatable bonds is 2. The highest BCUT2D eigenvalue weighted by Crippen LogP contribution is 2.23. The normalized spacial score (nSPS) is 11.7. The zero-order valence-corrected chi connectivity index (χ0v) is 8.64. The van der Waals surface area contributed by atoms with Crippen molar-refractivity contribution in [3.05, 3.63) is 49.2 Å². The Labute approximate surface area is 89.0 Å². The van der Waals surface area contributed by atoms with E-state index in [9.17, 15) is 0 Å². The number of aliphatic imine (C=N–C) groups is 1. The van der Waals surface area contributed by atoms with Crippen LogP contribution in [0, 0.1) is 0 Å². The molecule has 1 aromatic carbocycles. The van der Waals surface area contributed by atoms with Crippen molar-refractivity contribution < 1.29 is 0 Å². The molecule has 1 aromatic heterocycles. The smallest absolute Gasteiger partial charge is 0.0958 e. The lowest BCUT2D eigenvalue weighted by atomic mass is 10.2. The summed E-state index contributed by atoms with van der Waals surface area (Å²) >= 11 is 0. The summed E-state index contributed by atoms with van der Waals surface area (Å²) in [6, 6.07) is 9.94. The first-order valence-electron chi connectivity index (χ1n) is 4.83. The minimum absolute atomic E-state index is 0.894. The van der Waals surface area contributed by atoms with Crippen LogP contribution >= 0.6 is 0 Å². The quantitative estimate of drug-likeness (QED) is 0.675. The van der Waals surface area contributed by atoms with E-state index in [1.807, 2.05) is 37.3 Å². The second kappa shape index (κ2) is 4.05. The Morgan fingerprint density at radius 3 is 2.93 bits per heavy atom. The lowest BCUT2D eigenvalue weighted by Crippen LogP contribution is -1.83. The number of benzene rings is 1. The highest BCUT2D eigenvalue weighted by molar-refractivity contribution is 5.98. The van der Waals surface area contributed by atoms with Crippen LogP contribution in [0.1, 0.15) is 6.92 Å². The predicted octanol–water partition coefficient (Wildman–Crippen LogP) is 3.51. The summed E-state index contributed by atoms with van der Waals surface area (Å²) in [4.78, 5) is 8.77. The highest BCUT2D eigenvalue weighted by atomic mass is 14.8. The van der Waals surface area contributed by atoms with E-state index < -0.39 is 0 Å². The van der Waals surface area contributed by atoms with E-state index in [0.29, 0.717) is 0 Å². The molecular formula is C13H12N2. The molecule has 2 heteroatoms. The van der Waals surface area contributed by atoms with Crippen molar-refractivity contribution in [3.63, 3.8) is 0 Å². The zero-order valence-electron chi connectivity index (χ0n) is 8.64. The van der Waals surface area contributed by atoms with Gasteiger partial charge in [0.15, 0.2) is 0 Å². The van der Waals surface area contributed by atoms with Gasteiger partial charge in [0.05, 0.1) is 11.2 Å². The molecule has 0 fully saturated rings. The molecule has 1 heterocycles. The van der Waals surface area contributed by atoms with Crippen molar-refractivity contribution in [2.45, 2.75) is 6.92 Å².